The molecule has 0 unspecified atom stereocenters. The van der Waals surface area contributed by atoms with E-state index in [0.29, 0.717) is 26.3 Å². The van der Waals surface area contributed by atoms with Crippen LogP contribution in [0.4, 0.5) is 26.3 Å². The molecule has 13 nitrogen and oxygen atoms in total. The highest BCUT2D eigenvalue weighted by molar-refractivity contribution is 5.98. The second-order valence-electron chi connectivity index (χ2n) is 12.1. The first-order valence-electron chi connectivity index (χ1n) is 15.3. The monoisotopic (exact) mass is 707 g/mol. The number of hydrogen-bond donors (Lipinski definition) is 2. The van der Waals surface area contributed by atoms with Crippen molar-refractivity contribution in [2.24, 2.45) is 17.8 Å². The third-order valence-electron chi connectivity index (χ3n) is 7.55. The van der Waals surface area contributed by atoms with Crippen LogP contribution < -0.4 is 10.6 Å². The summed E-state index contributed by atoms with van der Waals surface area (Å²) in [5.41, 5.74) is -1.16. The maximum atomic E-state index is 13.3. The highest BCUT2D eigenvalue weighted by Gasteiger charge is 2.50. The van der Waals surface area contributed by atoms with Crippen LogP contribution in [-0.4, -0.2) is 131 Å². The summed E-state index contributed by atoms with van der Waals surface area (Å²) in [6, 6.07) is -3.07. The van der Waals surface area contributed by atoms with Gasteiger partial charge in [-0.25, -0.2) is 0 Å². The second kappa shape index (κ2) is 20.1. The van der Waals surface area contributed by atoms with E-state index in [4.69, 9.17) is 9.47 Å². The lowest BCUT2D eigenvalue weighted by Gasteiger charge is -2.27. The first-order valence-corrected chi connectivity index (χ1v) is 15.3. The van der Waals surface area contributed by atoms with Crippen molar-refractivity contribution in [3.63, 3.8) is 0 Å². The van der Waals surface area contributed by atoms with Gasteiger partial charge in [-0.3, -0.25) is 28.9 Å². The van der Waals surface area contributed by atoms with Gasteiger partial charge in [0.25, 0.3) is 0 Å². The summed E-state index contributed by atoms with van der Waals surface area (Å²) in [5.74, 6) is -7.84. The summed E-state index contributed by atoms with van der Waals surface area (Å²) in [7, 11) is 0. The molecule has 2 fully saturated rings. The predicted octanol–water partition coefficient (Wildman–Crippen LogP) is 1.56. The van der Waals surface area contributed by atoms with E-state index in [2.05, 4.69) is 24.8 Å². The van der Waals surface area contributed by atoms with Crippen LogP contribution >= 0.6 is 0 Å². The van der Waals surface area contributed by atoms with Crippen molar-refractivity contribution in [3.8, 4) is 0 Å². The van der Waals surface area contributed by atoms with Gasteiger partial charge in [0.2, 0.25) is 11.8 Å². The number of ketones is 3. The van der Waals surface area contributed by atoms with Gasteiger partial charge < -0.3 is 34.3 Å². The lowest BCUT2D eigenvalue weighted by Crippen LogP contribution is -2.51. The maximum absolute atomic E-state index is 13.3. The molecule has 0 aromatic carbocycles. The Bertz CT molecular complexity index is 1080. The molecule has 2 amide bonds. The maximum Gasteiger partial charge on any atom is 0.345 e. The lowest BCUT2D eigenvalue weighted by atomic mass is 9.92. The Kier molecular flexibility index (Phi) is 17.3. The van der Waals surface area contributed by atoms with Crippen molar-refractivity contribution in [1.29, 1.82) is 0 Å². The predicted molar refractivity (Wildman–Crippen MR) is 152 cm³/mol. The van der Waals surface area contributed by atoms with Crippen LogP contribution in [-0.2, 0) is 47.7 Å². The molecule has 19 heteroatoms. The van der Waals surface area contributed by atoms with Gasteiger partial charge in [0.1, 0.15) is 17.4 Å². The van der Waals surface area contributed by atoms with Crippen LogP contribution in [0.3, 0.4) is 0 Å². The third kappa shape index (κ3) is 15.2. The molecule has 2 aliphatic rings. The molecule has 48 heavy (non-hydrogen) atoms. The third-order valence-corrected chi connectivity index (χ3v) is 7.55. The van der Waals surface area contributed by atoms with Gasteiger partial charge >= 0.3 is 19.8 Å². The number of morpholine rings is 1. The van der Waals surface area contributed by atoms with Crippen molar-refractivity contribution in [3.05, 3.63) is 0 Å². The van der Waals surface area contributed by atoms with E-state index >= 15 is 0 Å². The number of hydrogen-bond acceptors (Lipinski definition) is 11. The largest absolute Gasteiger partial charge is 0.379 e. The molecule has 0 radical (unpaired) electrons. The molecule has 0 saturated carbocycles. The molecule has 2 heterocycles. The summed E-state index contributed by atoms with van der Waals surface area (Å²) in [5, 5.41) is 4.51. The molecule has 276 valence electrons. The summed E-state index contributed by atoms with van der Waals surface area (Å²) in [6.07, 6.45) is -1.44. The van der Waals surface area contributed by atoms with Gasteiger partial charge in [0.05, 0.1) is 64.1 Å². The molecular weight excluding hydrogens is 664 g/mol. The molecule has 2 rings (SSSR count). The SMILES string of the molecule is CC(C)C[C@H](NC(=O)[C@H](COC(F)F)CC(=O)[C@H](COC(F)F)NC(=O)[C@H](COC(F)F)CC(=O)CN1CCOCC1)C(=O)[C@@]1(C)CO1. The van der Waals surface area contributed by atoms with Gasteiger partial charge in [-0.1, -0.05) is 13.8 Å². The van der Waals surface area contributed by atoms with Gasteiger partial charge in [0.15, 0.2) is 11.6 Å². The number of epoxide rings is 1. The number of ether oxygens (including phenoxy) is 5. The molecule has 0 bridgehead atoms. The Morgan fingerprint density at radius 1 is 0.771 bits per heavy atom. The number of carbonyl (C=O) groups is 5. The van der Waals surface area contributed by atoms with E-state index < -0.39 is 111 Å². The second-order valence-corrected chi connectivity index (χ2v) is 12.1. The molecule has 0 aromatic rings. The van der Waals surface area contributed by atoms with Crippen LogP contribution in [0, 0.1) is 17.8 Å². The van der Waals surface area contributed by atoms with E-state index in [-0.39, 0.29) is 25.5 Å². The first-order chi connectivity index (χ1) is 22.5. The van der Waals surface area contributed by atoms with Crippen LogP contribution in [0.1, 0.15) is 40.0 Å². The smallest absolute Gasteiger partial charge is 0.345 e. The highest BCUT2D eigenvalue weighted by atomic mass is 19.3. The molecule has 0 spiro atoms. The van der Waals surface area contributed by atoms with Crippen molar-refractivity contribution in [2.75, 3.05) is 59.3 Å². The molecule has 2 aliphatic heterocycles. The van der Waals surface area contributed by atoms with Crippen LogP contribution in [0.15, 0.2) is 0 Å². The Hall–Kier alpha value is -2.71. The lowest BCUT2D eigenvalue weighted by molar-refractivity contribution is -0.158. The fourth-order valence-corrected chi connectivity index (χ4v) is 4.85. The zero-order valence-corrected chi connectivity index (χ0v) is 26.9. The summed E-state index contributed by atoms with van der Waals surface area (Å²) < 4.78 is 101. The number of halogens is 6. The minimum atomic E-state index is -3.43. The van der Waals surface area contributed by atoms with E-state index in [1.54, 1.807) is 18.7 Å². The molecule has 5 atom stereocenters. The number of nitrogens with one attached hydrogen (secondary N) is 2. The number of carbonyl (C=O) groups excluding carboxylic acids is 5. The Morgan fingerprint density at radius 2 is 1.25 bits per heavy atom. The fourth-order valence-electron chi connectivity index (χ4n) is 4.85. The number of rotatable bonds is 24. The molecule has 2 N–H and O–H groups in total. The van der Waals surface area contributed by atoms with Gasteiger partial charge in [0, 0.05) is 25.9 Å². The highest BCUT2D eigenvalue weighted by Crippen LogP contribution is 2.30. The fraction of sp³-hybridized carbons (Fsp3) is 0.828. The van der Waals surface area contributed by atoms with Crippen molar-refractivity contribution >= 4 is 29.2 Å². The topological polar surface area (TPSA) is 162 Å². The zero-order valence-electron chi connectivity index (χ0n) is 26.9. The normalized spacial score (nSPS) is 20.9. The van der Waals surface area contributed by atoms with Crippen LogP contribution in [0.5, 0.6) is 0 Å². The number of Topliss-reactive ketones (excluding diaryl/α,β-unsaturated/α-hetero) is 3. The van der Waals surface area contributed by atoms with E-state index in [9.17, 15) is 50.3 Å². The van der Waals surface area contributed by atoms with Crippen molar-refractivity contribution in [1.82, 2.24) is 15.5 Å². The number of nitrogens with zero attached hydrogens (tertiary/aromatic N) is 1. The number of amides is 2. The van der Waals surface area contributed by atoms with E-state index in [0.717, 1.165) is 0 Å². The molecule has 0 aromatic heterocycles. The van der Waals surface area contributed by atoms with Crippen molar-refractivity contribution in [2.45, 2.75) is 77.6 Å². The molecule has 0 aliphatic carbocycles. The average molecular weight is 708 g/mol. The molecule has 2 saturated heterocycles. The van der Waals surface area contributed by atoms with Gasteiger partial charge in [-0.05, 0) is 19.3 Å². The summed E-state index contributed by atoms with van der Waals surface area (Å²) in [6.45, 7) is -6.83. The minimum absolute atomic E-state index is 0.0976. The average Bonchev–Trinajstić information content (AvgIpc) is 3.76. The Labute approximate surface area is 273 Å². The molecular formula is C29H43F6N3O10. The first kappa shape index (κ1) is 41.5. The van der Waals surface area contributed by atoms with Crippen LogP contribution in [0.2, 0.25) is 0 Å². The van der Waals surface area contributed by atoms with Crippen LogP contribution in [0.25, 0.3) is 0 Å². The quantitative estimate of drug-likeness (QED) is 0.111. The Morgan fingerprint density at radius 3 is 1.73 bits per heavy atom. The van der Waals surface area contributed by atoms with Crippen molar-refractivity contribution < 1.29 is 74.0 Å². The minimum Gasteiger partial charge on any atom is -0.379 e. The van der Waals surface area contributed by atoms with Gasteiger partial charge in [-0.15, -0.1) is 0 Å². The summed E-state index contributed by atoms with van der Waals surface area (Å²) in [4.78, 5) is 67.0. The summed E-state index contributed by atoms with van der Waals surface area (Å²) >= 11 is 0. The Balaban J connectivity index is 2.22. The standard InChI is InChI=1S/C29H43F6N3O10/c1-16(2)8-20(23(41)29(3)15-48-29)36-25(43)18(13-46-27(32)33)10-22(40)21(14-47-28(34)35)37-24(42)17(12-45-26(30)31)9-19(39)11-38-4-6-44-7-5-38/h16-18,20-21,26-28H,4-15H2,1-3H3,(H,36,43)(H,37,42)/t17-,18-,20-,21-,29+/m0/s1. The van der Waals surface area contributed by atoms with E-state index in [1.165, 1.54) is 6.92 Å². The van der Waals surface area contributed by atoms with E-state index in [1.807, 2.05) is 0 Å². The zero-order chi connectivity index (χ0) is 36.0. The number of alkyl halides is 6. The van der Waals surface area contributed by atoms with Gasteiger partial charge in [-0.2, -0.15) is 26.3 Å².